The number of benzene rings is 2. The molecule has 6 rings (SSSR count). The number of thiazole rings is 2. The molecule has 274 valence electrons. The quantitative estimate of drug-likeness (QED) is 0.149. The molecule has 2 aromatic carbocycles. The predicted molar refractivity (Wildman–Crippen MR) is 208 cm³/mol. The second-order valence-corrected chi connectivity index (χ2v) is 15.0. The van der Waals surface area contributed by atoms with Crippen molar-refractivity contribution in [3.05, 3.63) is 104 Å². The standard InChI is InChI=1S/C20H23N3O3S.C19H23N3O2S/c1-14(24)22-20-21-12-18(27-20)13-23-9-7-16(8-10-23)11-15-3-5-17(6-4-15)19(25)26-2;1-14(24)21-19-20-11-18(25-19)12-22-8-6-16(7-9-22)10-15-2-4-17(13-23)5-3-15/h3-6,11-12H,7-10,13H2,1-2H3,(H,21,22,24);2-5,10-11,23H,6-9,12-13H2,1H3,(H,20,21,24). The van der Waals surface area contributed by atoms with Gasteiger partial charge in [0.05, 0.1) is 19.3 Å². The second-order valence-electron chi connectivity index (χ2n) is 12.8. The van der Waals surface area contributed by atoms with E-state index in [-0.39, 0.29) is 24.4 Å². The van der Waals surface area contributed by atoms with Crippen LogP contribution in [-0.2, 0) is 34.0 Å². The summed E-state index contributed by atoms with van der Waals surface area (Å²) in [6.45, 7) is 8.89. The molecule has 2 aliphatic heterocycles. The predicted octanol–water partition coefficient (Wildman–Crippen LogP) is 6.84. The number of hydrogen-bond donors (Lipinski definition) is 3. The van der Waals surface area contributed by atoms with Crippen molar-refractivity contribution in [1.29, 1.82) is 0 Å². The normalized spacial score (nSPS) is 14.9. The Balaban J connectivity index is 0.000000202. The minimum absolute atomic E-state index is 0.0827. The molecule has 3 N–H and O–H groups in total. The van der Waals surface area contributed by atoms with Gasteiger partial charge in [-0.25, -0.2) is 14.8 Å². The number of amides is 2. The number of rotatable bonds is 10. The highest BCUT2D eigenvalue weighted by molar-refractivity contribution is 7.16. The molecule has 2 amide bonds. The average Bonchev–Trinajstić information content (AvgIpc) is 3.78. The van der Waals surface area contributed by atoms with Crippen molar-refractivity contribution in [2.24, 2.45) is 0 Å². The van der Waals surface area contributed by atoms with E-state index < -0.39 is 0 Å². The minimum atomic E-state index is -0.313. The van der Waals surface area contributed by atoms with Crippen LogP contribution in [0.3, 0.4) is 0 Å². The number of carbonyl (C=O) groups excluding carboxylic acids is 3. The van der Waals surface area contributed by atoms with Gasteiger partial charge in [0, 0.05) is 75.3 Å². The van der Waals surface area contributed by atoms with Crippen molar-refractivity contribution in [3.63, 3.8) is 0 Å². The lowest BCUT2D eigenvalue weighted by atomic mass is 10.0. The molecule has 0 atom stereocenters. The summed E-state index contributed by atoms with van der Waals surface area (Å²) in [4.78, 5) is 49.3. The number of carbonyl (C=O) groups is 3. The number of ether oxygens (including phenoxy) is 1. The van der Waals surface area contributed by atoms with Gasteiger partial charge in [-0.05, 0) is 54.5 Å². The number of esters is 1. The van der Waals surface area contributed by atoms with Gasteiger partial charge in [-0.2, -0.15) is 0 Å². The zero-order valence-corrected chi connectivity index (χ0v) is 31.5. The maximum atomic E-state index is 11.5. The molecule has 11 nitrogen and oxygen atoms in total. The molecule has 2 fully saturated rings. The summed E-state index contributed by atoms with van der Waals surface area (Å²) < 4.78 is 4.72. The Bertz CT molecular complexity index is 1850. The molecule has 0 bridgehead atoms. The Kier molecular flexibility index (Phi) is 14.4. The molecular formula is C39H46N6O5S2. The number of aliphatic hydroxyl groups is 1. The van der Waals surface area contributed by atoms with Crippen LogP contribution in [0.1, 0.15) is 76.3 Å². The first-order valence-electron chi connectivity index (χ1n) is 17.3. The molecular weight excluding hydrogens is 697 g/mol. The topological polar surface area (TPSA) is 137 Å². The van der Waals surface area contributed by atoms with Crippen molar-refractivity contribution < 1.29 is 24.2 Å². The smallest absolute Gasteiger partial charge is 0.337 e. The van der Waals surface area contributed by atoms with E-state index in [1.54, 1.807) is 23.5 Å². The maximum Gasteiger partial charge on any atom is 0.337 e. The number of aromatic nitrogens is 2. The van der Waals surface area contributed by atoms with Gasteiger partial charge in [0.2, 0.25) is 11.8 Å². The van der Waals surface area contributed by atoms with Crippen molar-refractivity contribution in [2.45, 2.75) is 59.2 Å². The van der Waals surface area contributed by atoms with Crippen LogP contribution in [0.15, 0.2) is 72.1 Å². The van der Waals surface area contributed by atoms with Crippen LogP contribution in [0, 0.1) is 0 Å². The summed E-state index contributed by atoms with van der Waals surface area (Å²) in [6, 6.07) is 15.6. The number of nitrogens with zero attached hydrogens (tertiary/aromatic N) is 4. The first-order valence-corrected chi connectivity index (χ1v) is 19.0. The first kappa shape index (κ1) is 38.7. The van der Waals surface area contributed by atoms with Gasteiger partial charge in [-0.1, -0.05) is 59.7 Å². The molecule has 13 heteroatoms. The molecule has 2 aliphatic rings. The van der Waals surface area contributed by atoms with Crippen LogP contribution >= 0.6 is 22.7 Å². The molecule has 0 radical (unpaired) electrons. The summed E-state index contributed by atoms with van der Waals surface area (Å²) >= 11 is 3.07. The van der Waals surface area contributed by atoms with E-state index in [9.17, 15) is 14.4 Å². The van der Waals surface area contributed by atoms with E-state index in [1.807, 2.05) is 36.7 Å². The van der Waals surface area contributed by atoms with Crippen LogP contribution < -0.4 is 10.6 Å². The monoisotopic (exact) mass is 742 g/mol. The third kappa shape index (κ3) is 12.3. The first-order chi connectivity index (χ1) is 25.1. The van der Waals surface area contributed by atoms with Crippen molar-refractivity contribution in [3.8, 4) is 0 Å². The van der Waals surface area contributed by atoms with Gasteiger partial charge in [-0.15, -0.1) is 22.7 Å². The Morgan fingerprint density at radius 2 is 1.15 bits per heavy atom. The highest BCUT2D eigenvalue weighted by Crippen LogP contribution is 2.26. The van der Waals surface area contributed by atoms with Crippen LogP contribution in [0.5, 0.6) is 0 Å². The summed E-state index contributed by atoms with van der Waals surface area (Å²) in [6.07, 6.45) is 12.3. The van der Waals surface area contributed by atoms with Crippen LogP contribution in [-0.4, -0.2) is 75.9 Å². The van der Waals surface area contributed by atoms with Gasteiger partial charge < -0.3 is 20.5 Å². The van der Waals surface area contributed by atoms with Crippen LogP contribution in [0.25, 0.3) is 12.2 Å². The number of aliphatic hydroxyl groups excluding tert-OH is 1. The van der Waals surface area contributed by atoms with E-state index in [4.69, 9.17) is 9.84 Å². The van der Waals surface area contributed by atoms with Gasteiger partial charge in [-0.3, -0.25) is 19.4 Å². The molecule has 4 heterocycles. The summed E-state index contributed by atoms with van der Waals surface area (Å²) in [7, 11) is 1.39. The van der Waals surface area contributed by atoms with Gasteiger partial charge >= 0.3 is 5.97 Å². The Morgan fingerprint density at radius 1 is 0.731 bits per heavy atom. The number of piperidine rings is 2. The lowest BCUT2D eigenvalue weighted by Gasteiger charge is -2.27. The van der Waals surface area contributed by atoms with Gasteiger partial charge in [0.25, 0.3) is 0 Å². The highest BCUT2D eigenvalue weighted by atomic mass is 32.1. The summed E-state index contributed by atoms with van der Waals surface area (Å²) in [5.74, 6) is -0.490. The Labute approximate surface area is 313 Å². The summed E-state index contributed by atoms with van der Waals surface area (Å²) in [5.41, 5.74) is 6.70. The minimum Gasteiger partial charge on any atom is -0.465 e. The number of methoxy groups -OCH3 is 1. The van der Waals surface area contributed by atoms with Crippen molar-refractivity contribution >= 4 is 62.9 Å². The average molecular weight is 743 g/mol. The van der Waals surface area contributed by atoms with Crippen LogP contribution in [0.4, 0.5) is 10.3 Å². The Hall–Kier alpha value is -4.53. The lowest BCUT2D eigenvalue weighted by Crippen LogP contribution is -2.29. The second kappa shape index (κ2) is 19.3. The van der Waals surface area contributed by atoms with E-state index in [2.05, 4.69) is 54.7 Å². The number of nitrogens with one attached hydrogen (secondary N) is 2. The third-order valence-electron chi connectivity index (χ3n) is 8.66. The fourth-order valence-electron chi connectivity index (χ4n) is 5.93. The van der Waals surface area contributed by atoms with Gasteiger partial charge in [0.15, 0.2) is 10.3 Å². The van der Waals surface area contributed by atoms with E-state index in [0.29, 0.717) is 15.8 Å². The molecule has 0 aliphatic carbocycles. The van der Waals surface area contributed by atoms with E-state index >= 15 is 0 Å². The maximum absolute atomic E-state index is 11.5. The lowest BCUT2D eigenvalue weighted by molar-refractivity contribution is -0.115. The zero-order chi connectivity index (χ0) is 36.9. The molecule has 4 aromatic rings. The fraction of sp³-hybridized carbons (Fsp3) is 0.359. The SMILES string of the molecule is CC(=O)Nc1ncc(CN2CCC(=Cc3ccc(CO)cc3)CC2)s1.COC(=O)c1ccc(C=C2CCN(Cc3cnc(NC(C)=O)s3)CC2)cc1. The van der Waals surface area contributed by atoms with Gasteiger partial charge in [0.1, 0.15) is 0 Å². The fourth-order valence-corrected chi connectivity index (χ4v) is 7.73. The third-order valence-corrected chi connectivity index (χ3v) is 10.5. The molecule has 0 saturated carbocycles. The number of anilines is 2. The number of hydrogen-bond acceptors (Lipinski definition) is 11. The van der Waals surface area contributed by atoms with Crippen molar-refractivity contribution in [1.82, 2.24) is 19.8 Å². The van der Waals surface area contributed by atoms with Crippen molar-refractivity contribution in [2.75, 3.05) is 43.9 Å². The highest BCUT2D eigenvalue weighted by Gasteiger charge is 2.17. The summed E-state index contributed by atoms with van der Waals surface area (Å²) in [5, 5.41) is 15.9. The number of likely N-dealkylation sites (tertiary alicyclic amines) is 2. The largest absolute Gasteiger partial charge is 0.465 e. The zero-order valence-electron chi connectivity index (χ0n) is 29.9. The van der Waals surface area contributed by atoms with E-state index in [1.165, 1.54) is 53.9 Å². The molecule has 0 unspecified atom stereocenters. The van der Waals surface area contributed by atoms with Crippen LogP contribution in [0.2, 0.25) is 0 Å². The molecule has 52 heavy (non-hydrogen) atoms. The molecule has 2 aromatic heterocycles. The molecule has 0 spiro atoms. The molecule has 2 saturated heterocycles. The van der Waals surface area contributed by atoms with E-state index in [0.717, 1.165) is 81.0 Å². The Morgan fingerprint density at radius 3 is 1.54 bits per heavy atom.